The van der Waals surface area contributed by atoms with Crippen molar-refractivity contribution in [2.45, 2.75) is 52.6 Å². The van der Waals surface area contributed by atoms with Crippen molar-refractivity contribution < 1.29 is 24.5 Å². The fourth-order valence-electron chi connectivity index (χ4n) is 4.64. The molecule has 6 N–H and O–H groups in total. The Bertz CT molecular complexity index is 1640. The van der Waals surface area contributed by atoms with Crippen LogP contribution in [0.1, 0.15) is 74.9 Å². The molecule has 9 nitrogen and oxygen atoms in total. The van der Waals surface area contributed by atoms with Crippen LogP contribution in [0.5, 0.6) is 17.2 Å². The molecule has 0 aromatic heterocycles. The highest BCUT2D eigenvalue weighted by Crippen LogP contribution is 2.29. The molecule has 0 fully saturated rings. The van der Waals surface area contributed by atoms with E-state index in [9.17, 15) is 19.8 Å². The van der Waals surface area contributed by atoms with Crippen LogP contribution in [0.4, 0.5) is 0 Å². The number of aromatic hydroxyl groups is 2. The van der Waals surface area contributed by atoms with E-state index in [4.69, 9.17) is 15.6 Å². The number of phenols is 2. The maximum absolute atomic E-state index is 11.5. The normalized spacial score (nSPS) is 11.3. The van der Waals surface area contributed by atoms with E-state index in [1.54, 1.807) is 61.7 Å². The van der Waals surface area contributed by atoms with Gasteiger partial charge in [-0.25, -0.2) is 0 Å². The number of phenolic OH excluding ortho intramolecular Hbond substituents is 2. The Labute approximate surface area is 285 Å². The number of carbonyl (C=O) groups is 2. The average molecular weight is 704 g/mol. The molecule has 47 heavy (non-hydrogen) atoms. The van der Waals surface area contributed by atoms with Gasteiger partial charge in [-0.05, 0) is 47.5 Å². The topological polar surface area (TPSA) is 156 Å². The number of amides is 2. The molecular formula is C37H43BrN4O5. The lowest BCUT2D eigenvalue weighted by molar-refractivity contribution is -0.120. The smallest absolute Gasteiger partial charge is 0.217 e. The minimum Gasteiger partial charge on any atom is -0.508 e. The molecule has 0 radical (unpaired) electrons. The molecule has 248 valence electrons. The number of carbonyl (C=O) groups excluding carboxylic acids is 2. The van der Waals surface area contributed by atoms with Gasteiger partial charge in [-0.3, -0.25) is 9.59 Å². The van der Waals surface area contributed by atoms with Crippen molar-refractivity contribution in [1.82, 2.24) is 10.6 Å². The quantitative estimate of drug-likeness (QED) is 0.0878. The van der Waals surface area contributed by atoms with E-state index in [-0.39, 0.29) is 29.7 Å². The second-order valence-corrected chi connectivity index (χ2v) is 11.1. The van der Waals surface area contributed by atoms with Gasteiger partial charge in [-0.15, -0.1) is 0 Å². The van der Waals surface area contributed by atoms with Gasteiger partial charge in [0.1, 0.15) is 17.2 Å². The van der Waals surface area contributed by atoms with Crippen molar-refractivity contribution in [1.29, 1.82) is 10.8 Å². The van der Waals surface area contributed by atoms with Crippen molar-refractivity contribution >= 4 is 39.2 Å². The van der Waals surface area contributed by atoms with Crippen molar-refractivity contribution in [2.24, 2.45) is 0 Å². The summed E-state index contributed by atoms with van der Waals surface area (Å²) in [6.07, 6.45) is 0.573. The van der Waals surface area contributed by atoms with Crippen molar-refractivity contribution in [2.75, 3.05) is 7.11 Å². The number of rotatable bonds is 11. The summed E-state index contributed by atoms with van der Waals surface area (Å²) in [6, 6.07) is 27.4. The second kappa shape index (κ2) is 19.5. The molecule has 2 atom stereocenters. The summed E-state index contributed by atoms with van der Waals surface area (Å²) >= 11 is 3.36. The highest BCUT2D eigenvalue weighted by molar-refractivity contribution is 9.10. The van der Waals surface area contributed by atoms with Gasteiger partial charge in [0.15, 0.2) is 0 Å². The number of hydrogen-bond donors (Lipinski definition) is 6. The van der Waals surface area contributed by atoms with Gasteiger partial charge in [-0.2, -0.15) is 0 Å². The van der Waals surface area contributed by atoms with Crippen molar-refractivity contribution in [3.8, 4) is 17.2 Å². The molecule has 0 heterocycles. The third-order valence-corrected chi connectivity index (χ3v) is 7.34. The van der Waals surface area contributed by atoms with Crippen LogP contribution in [0.15, 0.2) is 102 Å². The van der Waals surface area contributed by atoms with Crippen LogP contribution in [0, 0.1) is 10.8 Å². The van der Waals surface area contributed by atoms with Crippen LogP contribution in [-0.2, 0) is 9.59 Å². The Hall–Kier alpha value is -4.96. The summed E-state index contributed by atoms with van der Waals surface area (Å²) in [6.45, 7) is 6.85. The van der Waals surface area contributed by atoms with Crippen LogP contribution >= 0.6 is 15.9 Å². The van der Waals surface area contributed by atoms with Gasteiger partial charge >= 0.3 is 0 Å². The van der Waals surface area contributed by atoms with Crippen molar-refractivity contribution in [3.63, 3.8) is 0 Å². The third kappa shape index (κ3) is 12.4. The molecule has 2 amide bonds. The van der Waals surface area contributed by atoms with Crippen LogP contribution in [-0.4, -0.2) is 40.6 Å². The first-order chi connectivity index (χ1) is 22.5. The van der Waals surface area contributed by atoms with Gasteiger partial charge in [0.05, 0.1) is 19.2 Å². The van der Waals surface area contributed by atoms with Crippen LogP contribution < -0.4 is 15.4 Å². The van der Waals surface area contributed by atoms with Gasteiger partial charge in [0.2, 0.25) is 11.8 Å². The lowest BCUT2D eigenvalue weighted by Crippen LogP contribution is -2.28. The van der Waals surface area contributed by atoms with Gasteiger partial charge in [0.25, 0.3) is 0 Å². The van der Waals surface area contributed by atoms with Crippen LogP contribution in [0.3, 0.4) is 0 Å². The van der Waals surface area contributed by atoms with Gasteiger partial charge in [-0.1, -0.05) is 90.4 Å². The fraction of sp³-hybridized carbons (Fsp3) is 0.243. The molecule has 10 heteroatoms. The lowest BCUT2D eigenvalue weighted by Gasteiger charge is -2.20. The van der Waals surface area contributed by atoms with E-state index < -0.39 is 12.1 Å². The van der Waals surface area contributed by atoms with E-state index in [1.807, 2.05) is 56.3 Å². The van der Waals surface area contributed by atoms with E-state index in [2.05, 4.69) is 26.6 Å². The number of nitrogens with one attached hydrogen (secondary N) is 4. The van der Waals surface area contributed by atoms with E-state index in [0.717, 1.165) is 15.6 Å². The Morgan fingerprint density at radius 3 is 1.57 bits per heavy atom. The van der Waals surface area contributed by atoms with E-state index in [0.29, 0.717) is 34.7 Å². The molecule has 2 unspecified atom stereocenters. The maximum Gasteiger partial charge on any atom is 0.217 e. The summed E-state index contributed by atoms with van der Waals surface area (Å²) in [5.41, 5.74) is 3.46. The zero-order chi connectivity index (χ0) is 34.9. The molecule has 4 aromatic carbocycles. The van der Waals surface area contributed by atoms with Crippen LogP contribution in [0.2, 0.25) is 0 Å². The molecule has 4 rings (SSSR count). The number of ether oxygens (including phenoxy) is 1. The SMILES string of the molecule is CC.CC(=O)NC(CC(=N)c1ccc(Br)cc1)c1ccccc1O.COc1cccc(C(=N)CC(NC(C)=O)c2ccccc2O)c1. The monoisotopic (exact) mass is 702 g/mol. The molecule has 0 aliphatic carbocycles. The minimum atomic E-state index is -0.465. The Kier molecular flexibility index (Phi) is 15.9. The first-order valence-corrected chi connectivity index (χ1v) is 15.9. The lowest BCUT2D eigenvalue weighted by atomic mass is 9.96. The molecule has 0 saturated heterocycles. The molecular weight excluding hydrogens is 660 g/mol. The molecule has 4 aromatic rings. The number of para-hydroxylation sites is 2. The van der Waals surface area contributed by atoms with E-state index >= 15 is 0 Å². The molecule has 0 saturated carbocycles. The highest BCUT2D eigenvalue weighted by Gasteiger charge is 2.20. The standard InChI is InChI=1S/C18H20N2O3.C17H17BrN2O2.C2H6/c1-12(21)20-17(15-8-3-4-9-18(15)22)11-16(19)13-6-5-7-14(10-13)23-2;1-11(21)20-16(14-4-2-3-5-17(14)22)10-15(19)12-6-8-13(18)9-7-12;1-2/h3-10,17,19,22H,11H2,1-2H3,(H,20,21);2-9,16,19,22H,10H2,1H3,(H,20,21);1-2H3. The Balaban J connectivity index is 0.000000311. The Morgan fingerprint density at radius 2 is 1.15 bits per heavy atom. The average Bonchev–Trinajstić information content (AvgIpc) is 3.05. The summed E-state index contributed by atoms with van der Waals surface area (Å²) < 4.78 is 6.12. The van der Waals surface area contributed by atoms with E-state index in [1.165, 1.54) is 13.8 Å². The summed E-state index contributed by atoms with van der Waals surface area (Å²) in [5, 5.41) is 42.2. The largest absolute Gasteiger partial charge is 0.508 e. The first-order valence-electron chi connectivity index (χ1n) is 15.1. The van der Waals surface area contributed by atoms with Crippen molar-refractivity contribution in [3.05, 3.63) is 124 Å². The molecule has 0 spiro atoms. The number of halogens is 1. The van der Waals surface area contributed by atoms with Gasteiger partial charge < -0.3 is 36.4 Å². The zero-order valence-electron chi connectivity index (χ0n) is 27.3. The Morgan fingerprint density at radius 1 is 0.702 bits per heavy atom. The predicted octanol–water partition coefficient (Wildman–Crippen LogP) is 7.85. The van der Waals surface area contributed by atoms with Gasteiger partial charge in [0, 0.05) is 53.7 Å². The second-order valence-electron chi connectivity index (χ2n) is 10.2. The number of methoxy groups -OCH3 is 1. The fourth-order valence-corrected chi connectivity index (χ4v) is 4.90. The molecule has 0 aliphatic heterocycles. The highest BCUT2D eigenvalue weighted by atomic mass is 79.9. The predicted molar refractivity (Wildman–Crippen MR) is 191 cm³/mol. The summed E-state index contributed by atoms with van der Waals surface area (Å²) in [4.78, 5) is 22.9. The summed E-state index contributed by atoms with van der Waals surface area (Å²) in [5.74, 6) is 0.481. The summed E-state index contributed by atoms with van der Waals surface area (Å²) in [7, 11) is 1.57. The minimum absolute atomic E-state index is 0.102. The first kappa shape index (κ1) is 38.2. The molecule has 0 bridgehead atoms. The maximum atomic E-state index is 11.5. The zero-order valence-corrected chi connectivity index (χ0v) is 28.9. The molecule has 0 aliphatic rings. The number of hydrogen-bond acceptors (Lipinski definition) is 7. The number of benzene rings is 4. The van der Waals surface area contributed by atoms with Crippen LogP contribution in [0.25, 0.3) is 0 Å². The third-order valence-electron chi connectivity index (χ3n) is 6.81.